The van der Waals surface area contributed by atoms with Crippen LogP contribution in [0.15, 0.2) is 46.2 Å². The third-order valence-corrected chi connectivity index (χ3v) is 4.62. The van der Waals surface area contributed by atoms with Crippen molar-refractivity contribution >= 4 is 15.9 Å². The Kier molecular flexibility index (Phi) is 5.10. The van der Waals surface area contributed by atoms with Crippen LogP contribution in [0.3, 0.4) is 0 Å². The molecule has 1 amide bonds. The monoisotopic (exact) mass is 351 g/mol. The Bertz CT molecular complexity index is 807. The fraction of sp³-hybridized carbons (Fsp3) is 0.375. The molecule has 0 fully saturated rings. The van der Waals surface area contributed by atoms with Gasteiger partial charge in [0.15, 0.2) is 5.76 Å². The average Bonchev–Trinajstić information content (AvgIpc) is 2.95. The van der Waals surface area contributed by atoms with E-state index in [9.17, 15) is 13.2 Å². The second-order valence-electron chi connectivity index (χ2n) is 6.50. The molecule has 0 spiro atoms. The number of furan rings is 1. The van der Waals surface area contributed by atoms with Crippen LogP contribution in [0.2, 0.25) is 0 Å². The largest absolute Gasteiger partial charge is 0.438 e. The Morgan fingerprint density at radius 3 is 2.58 bits per heavy atom. The Hall–Kier alpha value is -2.19. The van der Waals surface area contributed by atoms with Gasteiger partial charge in [0.2, 0.25) is 5.09 Å². The summed E-state index contributed by atoms with van der Waals surface area (Å²) >= 11 is 0. The molecule has 0 saturated heterocycles. The average molecular weight is 351 g/mol. The van der Waals surface area contributed by atoms with Crippen LogP contribution >= 0.6 is 0 Å². The number of hydrogen-bond donors (Lipinski definition) is 1. The molecule has 0 bridgehead atoms. The minimum Gasteiger partial charge on any atom is -0.438 e. The van der Waals surface area contributed by atoms with Crippen molar-refractivity contribution in [1.29, 1.82) is 0 Å². The zero-order chi connectivity index (χ0) is 18.0. The molecule has 0 radical (unpaired) electrons. The Morgan fingerprint density at radius 2 is 2.00 bits per heavy atom. The van der Waals surface area contributed by atoms with Gasteiger partial charge in [-0.2, -0.15) is 0 Å². The lowest BCUT2D eigenvalue weighted by atomic mass is 10.1. The van der Waals surface area contributed by atoms with E-state index in [-0.39, 0.29) is 10.9 Å². The number of rotatable bonds is 5. The van der Waals surface area contributed by atoms with Gasteiger partial charge in [-0.3, -0.25) is 9.78 Å². The van der Waals surface area contributed by atoms with Crippen molar-refractivity contribution in [3.63, 3.8) is 0 Å². The van der Waals surface area contributed by atoms with E-state index in [0.29, 0.717) is 6.54 Å². The van der Waals surface area contributed by atoms with Crippen molar-refractivity contribution in [3.8, 4) is 0 Å². The second-order valence-corrected chi connectivity index (χ2v) is 8.11. The maximum absolute atomic E-state index is 12.4. The molecule has 2 aromatic heterocycles. The molecule has 2 aromatic rings. The Balaban J connectivity index is 2.13. The van der Waals surface area contributed by atoms with Crippen molar-refractivity contribution in [1.82, 2.24) is 14.6 Å². The number of amides is 1. The molecule has 130 valence electrons. The summed E-state index contributed by atoms with van der Waals surface area (Å²) in [5.74, 6) is -0.438. The lowest BCUT2D eigenvalue weighted by Crippen LogP contribution is -2.40. The predicted octanol–water partition coefficient (Wildman–Crippen LogP) is 2.02. The maximum atomic E-state index is 12.4. The van der Waals surface area contributed by atoms with Crippen LogP contribution in [-0.4, -0.2) is 36.8 Å². The molecule has 7 nitrogen and oxygen atoms in total. The van der Waals surface area contributed by atoms with Gasteiger partial charge < -0.3 is 9.32 Å². The van der Waals surface area contributed by atoms with Crippen molar-refractivity contribution < 1.29 is 17.6 Å². The van der Waals surface area contributed by atoms with Gasteiger partial charge in [0.1, 0.15) is 0 Å². The first-order valence-electron chi connectivity index (χ1n) is 7.37. The summed E-state index contributed by atoms with van der Waals surface area (Å²) in [6.45, 7) is 5.51. The number of sulfonamides is 1. The zero-order valence-electron chi connectivity index (χ0n) is 14.1. The quantitative estimate of drug-likeness (QED) is 0.890. The van der Waals surface area contributed by atoms with E-state index in [1.54, 1.807) is 46.3 Å². The zero-order valence-corrected chi connectivity index (χ0v) is 14.9. The maximum Gasteiger partial charge on any atom is 0.289 e. The van der Waals surface area contributed by atoms with Crippen LogP contribution in [0.4, 0.5) is 0 Å². The van der Waals surface area contributed by atoms with Crippen LogP contribution in [0.25, 0.3) is 0 Å². The van der Waals surface area contributed by atoms with Gasteiger partial charge in [0, 0.05) is 31.5 Å². The SMILES string of the molecule is CN(Cc1cccnc1)C(=O)c1ccc(S(=O)(=O)NC(C)(C)C)o1. The van der Waals surface area contributed by atoms with Gasteiger partial charge in [0.05, 0.1) is 0 Å². The van der Waals surface area contributed by atoms with Crippen LogP contribution in [0.5, 0.6) is 0 Å². The van der Waals surface area contributed by atoms with Crippen LogP contribution in [-0.2, 0) is 16.6 Å². The van der Waals surface area contributed by atoms with Gasteiger partial charge >= 0.3 is 0 Å². The first-order valence-corrected chi connectivity index (χ1v) is 8.85. The van der Waals surface area contributed by atoms with Crippen LogP contribution < -0.4 is 4.72 Å². The van der Waals surface area contributed by atoms with Gasteiger partial charge in [-0.15, -0.1) is 0 Å². The Morgan fingerprint density at radius 1 is 1.29 bits per heavy atom. The lowest BCUT2D eigenvalue weighted by molar-refractivity contribution is 0.0747. The van der Waals surface area contributed by atoms with Crippen LogP contribution in [0, 0.1) is 0 Å². The first-order chi connectivity index (χ1) is 11.1. The summed E-state index contributed by atoms with van der Waals surface area (Å²) in [5, 5.41) is -0.282. The molecule has 0 saturated carbocycles. The van der Waals surface area contributed by atoms with E-state index in [1.165, 1.54) is 17.0 Å². The molecule has 0 aliphatic heterocycles. The number of nitrogens with one attached hydrogen (secondary N) is 1. The van der Waals surface area contributed by atoms with E-state index < -0.39 is 21.5 Å². The summed E-state index contributed by atoms with van der Waals surface area (Å²) in [6.07, 6.45) is 3.31. The van der Waals surface area contributed by atoms with Gasteiger partial charge in [-0.05, 0) is 44.5 Å². The molecule has 2 rings (SSSR count). The standard InChI is InChI=1S/C16H21N3O4S/c1-16(2,3)18-24(21,22)14-8-7-13(23-14)15(20)19(4)11-12-6-5-9-17-10-12/h5-10,18H,11H2,1-4H3. The molecule has 0 aromatic carbocycles. The molecule has 0 aliphatic carbocycles. The van der Waals surface area contributed by atoms with Crippen molar-refractivity contribution in [3.05, 3.63) is 48.0 Å². The fourth-order valence-electron chi connectivity index (χ4n) is 2.06. The number of carbonyl (C=O) groups is 1. The van der Waals surface area contributed by atoms with E-state index >= 15 is 0 Å². The minimum absolute atomic E-state index is 0.0318. The lowest BCUT2D eigenvalue weighted by Gasteiger charge is -2.19. The van der Waals surface area contributed by atoms with Crippen molar-refractivity contribution in [2.75, 3.05) is 7.05 Å². The van der Waals surface area contributed by atoms with Crippen molar-refractivity contribution in [2.45, 2.75) is 37.9 Å². The normalized spacial score (nSPS) is 12.2. The molecule has 0 aliphatic rings. The predicted molar refractivity (Wildman–Crippen MR) is 88.8 cm³/mol. The minimum atomic E-state index is -3.81. The first kappa shape index (κ1) is 18.2. The van der Waals surface area contributed by atoms with Gasteiger partial charge in [-0.25, -0.2) is 13.1 Å². The topological polar surface area (TPSA) is 92.5 Å². The van der Waals surface area contributed by atoms with E-state index in [4.69, 9.17) is 4.42 Å². The molecule has 8 heteroatoms. The molecule has 1 N–H and O–H groups in total. The smallest absolute Gasteiger partial charge is 0.289 e. The molecule has 24 heavy (non-hydrogen) atoms. The number of pyridine rings is 1. The third-order valence-electron chi connectivity index (χ3n) is 2.99. The van der Waals surface area contributed by atoms with E-state index in [1.807, 2.05) is 6.07 Å². The summed E-state index contributed by atoms with van der Waals surface area (Å²) in [4.78, 5) is 17.8. The molecule has 2 heterocycles. The number of nitrogens with zero attached hydrogens (tertiary/aromatic N) is 2. The highest BCUT2D eigenvalue weighted by Crippen LogP contribution is 2.18. The molecule has 0 atom stereocenters. The Labute approximate surface area is 141 Å². The van der Waals surface area contributed by atoms with Crippen molar-refractivity contribution in [2.24, 2.45) is 0 Å². The van der Waals surface area contributed by atoms with E-state index in [0.717, 1.165) is 5.56 Å². The third kappa shape index (κ3) is 4.65. The highest BCUT2D eigenvalue weighted by Gasteiger charge is 2.26. The van der Waals surface area contributed by atoms with Gasteiger partial charge in [-0.1, -0.05) is 6.07 Å². The summed E-state index contributed by atoms with van der Waals surface area (Å²) in [7, 11) is -2.20. The highest BCUT2D eigenvalue weighted by molar-refractivity contribution is 7.89. The van der Waals surface area contributed by atoms with E-state index in [2.05, 4.69) is 9.71 Å². The molecular weight excluding hydrogens is 330 g/mol. The molecule has 0 unspecified atom stereocenters. The molecular formula is C16H21N3O4S. The summed E-state index contributed by atoms with van der Waals surface area (Å²) in [5.41, 5.74) is 0.217. The number of aromatic nitrogens is 1. The highest BCUT2D eigenvalue weighted by atomic mass is 32.2. The summed E-state index contributed by atoms with van der Waals surface area (Å²) < 4.78 is 32.1. The number of carbonyl (C=O) groups excluding carboxylic acids is 1. The second kappa shape index (κ2) is 6.74. The van der Waals surface area contributed by atoms with Crippen LogP contribution in [0.1, 0.15) is 36.9 Å². The van der Waals surface area contributed by atoms with Gasteiger partial charge in [0.25, 0.3) is 15.9 Å². The number of hydrogen-bond acceptors (Lipinski definition) is 5. The fourth-order valence-corrected chi connectivity index (χ4v) is 3.41. The summed E-state index contributed by atoms with van der Waals surface area (Å²) in [6, 6.07) is 6.27.